The summed E-state index contributed by atoms with van der Waals surface area (Å²) in [7, 11) is 1.62. The van der Waals surface area contributed by atoms with E-state index in [1.807, 2.05) is 36.6 Å². The number of methoxy groups -OCH3 is 1. The monoisotopic (exact) mass is 432 g/mol. The van der Waals surface area contributed by atoms with Gasteiger partial charge in [0.15, 0.2) is 5.13 Å². The number of halogens is 1. The van der Waals surface area contributed by atoms with Gasteiger partial charge in [-0.2, -0.15) is 0 Å². The van der Waals surface area contributed by atoms with E-state index in [2.05, 4.69) is 26.2 Å². The number of carbonyl (C=O) groups excluding carboxylic acids is 1. The summed E-state index contributed by atoms with van der Waals surface area (Å²) in [6.45, 7) is 2.46. The molecule has 0 spiro atoms. The van der Waals surface area contributed by atoms with Crippen molar-refractivity contribution in [2.24, 2.45) is 0 Å². The van der Waals surface area contributed by atoms with Crippen molar-refractivity contribution in [3.05, 3.63) is 57.9 Å². The molecule has 0 aliphatic rings. The minimum Gasteiger partial charge on any atom is -0.496 e. The van der Waals surface area contributed by atoms with Crippen LogP contribution in [-0.2, 0) is 0 Å². The van der Waals surface area contributed by atoms with Gasteiger partial charge in [-0.15, -0.1) is 11.3 Å². The van der Waals surface area contributed by atoms with Crippen LogP contribution in [-0.4, -0.2) is 24.6 Å². The van der Waals surface area contributed by atoms with Crippen LogP contribution in [0.4, 0.5) is 5.13 Å². The van der Waals surface area contributed by atoms with E-state index in [9.17, 15) is 4.79 Å². The van der Waals surface area contributed by atoms with E-state index < -0.39 is 0 Å². The molecule has 0 aliphatic carbocycles. The van der Waals surface area contributed by atoms with Gasteiger partial charge in [0.05, 0.1) is 23.9 Å². The van der Waals surface area contributed by atoms with Crippen molar-refractivity contribution in [3.63, 3.8) is 0 Å². The highest BCUT2D eigenvalue weighted by Crippen LogP contribution is 2.32. The molecule has 0 bridgehead atoms. The van der Waals surface area contributed by atoms with Crippen LogP contribution >= 0.6 is 27.3 Å². The molecule has 1 N–H and O–H groups in total. The molecule has 5 nitrogen and oxygen atoms in total. The average Bonchev–Trinajstić information content (AvgIpc) is 3.10. The Morgan fingerprint density at radius 1 is 1.27 bits per heavy atom. The van der Waals surface area contributed by atoms with E-state index in [0.29, 0.717) is 23.1 Å². The van der Waals surface area contributed by atoms with Crippen molar-refractivity contribution in [1.82, 2.24) is 4.98 Å². The lowest BCUT2D eigenvalue weighted by molar-refractivity contribution is 0.102. The van der Waals surface area contributed by atoms with E-state index in [1.54, 1.807) is 25.3 Å². The Morgan fingerprint density at radius 3 is 2.85 bits per heavy atom. The van der Waals surface area contributed by atoms with E-state index in [-0.39, 0.29) is 5.91 Å². The van der Waals surface area contributed by atoms with Crippen LogP contribution in [0.1, 0.15) is 17.3 Å². The predicted octanol–water partition coefficient (Wildman–Crippen LogP) is 5.23. The maximum atomic E-state index is 12.4. The average molecular weight is 433 g/mol. The number of nitrogens with one attached hydrogen (secondary N) is 1. The Morgan fingerprint density at radius 2 is 2.12 bits per heavy atom. The molecule has 0 unspecified atom stereocenters. The molecule has 3 rings (SSSR count). The zero-order chi connectivity index (χ0) is 18.5. The lowest BCUT2D eigenvalue weighted by Gasteiger charge is -2.06. The predicted molar refractivity (Wildman–Crippen MR) is 107 cm³/mol. The largest absolute Gasteiger partial charge is 0.496 e. The molecular formula is C19H17BrN2O3S. The fourth-order valence-electron chi connectivity index (χ4n) is 2.35. The van der Waals surface area contributed by atoms with Gasteiger partial charge in [-0.1, -0.05) is 6.07 Å². The Hall–Kier alpha value is -2.38. The second kappa shape index (κ2) is 8.33. The quantitative estimate of drug-likeness (QED) is 0.578. The number of hydrogen-bond donors (Lipinski definition) is 1. The van der Waals surface area contributed by atoms with Crippen molar-refractivity contribution >= 4 is 38.3 Å². The van der Waals surface area contributed by atoms with Crippen LogP contribution in [0.3, 0.4) is 0 Å². The molecule has 0 fully saturated rings. The minimum absolute atomic E-state index is 0.219. The fraction of sp³-hybridized carbons (Fsp3) is 0.158. The number of aromatic nitrogens is 1. The van der Waals surface area contributed by atoms with Gasteiger partial charge >= 0.3 is 0 Å². The summed E-state index contributed by atoms with van der Waals surface area (Å²) in [6.07, 6.45) is 0. The van der Waals surface area contributed by atoms with Crippen molar-refractivity contribution in [2.45, 2.75) is 6.92 Å². The third-order valence-electron chi connectivity index (χ3n) is 3.58. The standard InChI is InChI=1S/C19H17BrN2O3S/c1-3-25-14-6-4-5-13(9-14)18(23)22-19-21-16(11-26-19)12-7-8-17(24-2)15(20)10-12/h4-11H,3H2,1-2H3,(H,21,22,23). The van der Waals surface area contributed by atoms with Crippen LogP contribution in [0, 0.1) is 0 Å². The highest BCUT2D eigenvalue weighted by molar-refractivity contribution is 9.10. The molecule has 26 heavy (non-hydrogen) atoms. The van der Waals surface area contributed by atoms with Crippen LogP contribution < -0.4 is 14.8 Å². The summed E-state index contributed by atoms with van der Waals surface area (Å²) in [5.74, 6) is 1.21. The van der Waals surface area contributed by atoms with Gasteiger partial charge in [0, 0.05) is 16.5 Å². The first-order valence-corrected chi connectivity index (χ1v) is 9.61. The van der Waals surface area contributed by atoms with E-state index >= 15 is 0 Å². The smallest absolute Gasteiger partial charge is 0.257 e. The first-order chi connectivity index (χ1) is 12.6. The van der Waals surface area contributed by atoms with Gasteiger partial charge < -0.3 is 9.47 Å². The number of ether oxygens (including phenoxy) is 2. The molecule has 0 radical (unpaired) electrons. The summed E-state index contributed by atoms with van der Waals surface area (Å²) in [6, 6.07) is 12.8. The molecule has 3 aromatic rings. The van der Waals surface area contributed by atoms with E-state index in [0.717, 1.165) is 21.5 Å². The number of carbonyl (C=O) groups is 1. The third-order valence-corrected chi connectivity index (χ3v) is 4.96. The lowest BCUT2D eigenvalue weighted by atomic mass is 10.2. The second-order valence-electron chi connectivity index (χ2n) is 5.30. The van der Waals surface area contributed by atoms with Crippen molar-refractivity contribution in [2.75, 3.05) is 19.0 Å². The Bertz CT molecular complexity index is 927. The molecule has 0 saturated carbocycles. The van der Waals surface area contributed by atoms with E-state index in [1.165, 1.54) is 11.3 Å². The van der Waals surface area contributed by atoms with Crippen LogP contribution in [0.25, 0.3) is 11.3 Å². The molecule has 1 heterocycles. The highest BCUT2D eigenvalue weighted by Gasteiger charge is 2.12. The maximum Gasteiger partial charge on any atom is 0.257 e. The van der Waals surface area contributed by atoms with Gasteiger partial charge in [-0.25, -0.2) is 4.98 Å². The molecule has 7 heteroatoms. The summed E-state index contributed by atoms with van der Waals surface area (Å²) in [4.78, 5) is 16.9. The Balaban J connectivity index is 1.75. The van der Waals surface area contributed by atoms with Crippen LogP contribution in [0.15, 0.2) is 52.3 Å². The zero-order valence-electron chi connectivity index (χ0n) is 14.3. The van der Waals surface area contributed by atoms with Gasteiger partial charge in [0.25, 0.3) is 5.91 Å². The lowest BCUT2D eigenvalue weighted by Crippen LogP contribution is -2.11. The summed E-state index contributed by atoms with van der Waals surface area (Å²) in [5.41, 5.74) is 2.25. The summed E-state index contributed by atoms with van der Waals surface area (Å²) >= 11 is 4.85. The molecule has 1 aromatic heterocycles. The first kappa shape index (κ1) is 18.4. The molecule has 1 amide bonds. The topological polar surface area (TPSA) is 60.5 Å². The fourth-order valence-corrected chi connectivity index (χ4v) is 3.61. The number of hydrogen-bond acceptors (Lipinski definition) is 5. The van der Waals surface area contributed by atoms with Gasteiger partial charge in [-0.3, -0.25) is 10.1 Å². The van der Waals surface area contributed by atoms with Gasteiger partial charge in [0.1, 0.15) is 11.5 Å². The number of anilines is 1. The Labute approximate surface area is 164 Å². The number of nitrogens with zero attached hydrogens (tertiary/aromatic N) is 1. The molecular weight excluding hydrogens is 416 g/mol. The summed E-state index contributed by atoms with van der Waals surface area (Å²) < 4.78 is 11.5. The normalized spacial score (nSPS) is 10.4. The van der Waals surface area contributed by atoms with E-state index in [4.69, 9.17) is 9.47 Å². The number of rotatable bonds is 6. The maximum absolute atomic E-state index is 12.4. The van der Waals surface area contributed by atoms with Crippen molar-refractivity contribution < 1.29 is 14.3 Å². The third kappa shape index (κ3) is 4.23. The highest BCUT2D eigenvalue weighted by atomic mass is 79.9. The molecule has 0 aliphatic heterocycles. The summed E-state index contributed by atoms with van der Waals surface area (Å²) in [5, 5.41) is 5.28. The molecule has 0 atom stereocenters. The molecule has 134 valence electrons. The van der Waals surface area contributed by atoms with Crippen LogP contribution in [0.5, 0.6) is 11.5 Å². The SMILES string of the molecule is CCOc1cccc(C(=O)Nc2nc(-c3ccc(OC)c(Br)c3)cs2)c1. The zero-order valence-corrected chi connectivity index (χ0v) is 16.7. The van der Waals surface area contributed by atoms with Gasteiger partial charge in [-0.05, 0) is 59.3 Å². The van der Waals surface area contributed by atoms with Crippen molar-refractivity contribution in [1.29, 1.82) is 0 Å². The first-order valence-electron chi connectivity index (χ1n) is 7.94. The minimum atomic E-state index is -0.219. The van der Waals surface area contributed by atoms with Crippen molar-refractivity contribution in [3.8, 4) is 22.8 Å². The number of amides is 1. The molecule has 0 saturated heterocycles. The Kier molecular flexibility index (Phi) is 5.90. The van der Waals surface area contributed by atoms with Gasteiger partial charge in [0.2, 0.25) is 0 Å². The number of benzene rings is 2. The number of thiazole rings is 1. The second-order valence-corrected chi connectivity index (χ2v) is 7.01. The van der Waals surface area contributed by atoms with Crippen LogP contribution in [0.2, 0.25) is 0 Å². The molecule has 2 aromatic carbocycles.